The summed E-state index contributed by atoms with van der Waals surface area (Å²) in [4.78, 5) is 19.2. The molecule has 0 unspecified atom stereocenters. The van der Waals surface area contributed by atoms with Crippen LogP contribution in [0.1, 0.15) is 44.0 Å². The number of hydrogen-bond acceptors (Lipinski definition) is 5. The number of piperidine rings is 1. The minimum atomic E-state index is -0.237. The van der Waals surface area contributed by atoms with Crippen molar-refractivity contribution in [2.24, 2.45) is 11.3 Å². The summed E-state index contributed by atoms with van der Waals surface area (Å²) >= 11 is 0. The van der Waals surface area contributed by atoms with Crippen molar-refractivity contribution in [3.63, 3.8) is 0 Å². The average Bonchev–Trinajstić information content (AvgIpc) is 2.70. The molecule has 0 atom stereocenters. The van der Waals surface area contributed by atoms with Crippen LogP contribution in [0.4, 0.5) is 5.69 Å². The molecule has 0 saturated carbocycles. The van der Waals surface area contributed by atoms with Crippen molar-refractivity contribution < 1.29 is 14.6 Å². The van der Waals surface area contributed by atoms with Crippen molar-refractivity contribution >= 4 is 22.5 Å². The Morgan fingerprint density at radius 3 is 2.61 bits per heavy atom. The summed E-state index contributed by atoms with van der Waals surface area (Å²) in [7, 11) is 1.65. The van der Waals surface area contributed by atoms with E-state index in [2.05, 4.69) is 36.0 Å². The van der Waals surface area contributed by atoms with E-state index in [1.54, 1.807) is 13.3 Å². The van der Waals surface area contributed by atoms with E-state index < -0.39 is 0 Å². The Balaban J connectivity index is 1.91. The quantitative estimate of drug-likeness (QED) is 0.827. The zero-order chi connectivity index (χ0) is 20.3. The first-order chi connectivity index (χ1) is 13.3. The Morgan fingerprint density at radius 2 is 2.00 bits per heavy atom. The Hall–Kier alpha value is -2.34. The molecule has 1 aliphatic heterocycles. The lowest BCUT2D eigenvalue weighted by Gasteiger charge is -2.40. The number of nitrogens with zero attached hydrogens (tertiary/aromatic N) is 2. The molecule has 0 bridgehead atoms. The van der Waals surface area contributed by atoms with Crippen LogP contribution in [0.2, 0.25) is 0 Å². The number of pyridine rings is 1. The van der Waals surface area contributed by atoms with E-state index >= 15 is 0 Å². The summed E-state index contributed by atoms with van der Waals surface area (Å²) < 4.78 is 5.51. The molecule has 28 heavy (non-hydrogen) atoms. The van der Waals surface area contributed by atoms with Gasteiger partial charge in [0.05, 0.1) is 30.5 Å². The van der Waals surface area contributed by atoms with Crippen LogP contribution in [0.3, 0.4) is 0 Å². The van der Waals surface area contributed by atoms with Crippen molar-refractivity contribution in [3.8, 4) is 5.75 Å². The summed E-state index contributed by atoms with van der Waals surface area (Å²) in [5, 5.41) is 12.4. The van der Waals surface area contributed by atoms with E-state index in [1.165, 1.54) is 0 Å². The van der Waals surface area contributed by atoms with Gasteiger partial charge in [0.2, 0.25) is 0 Å². The monoisotopic (exact) mass is 385 g/mol. The molecule has 1 amide bonds. The Bertz CT molecular complexity index is 837. The molecule has 1 saturated heterocycles. The fourth-order valence-electron chi connectivity index (χ4n) is 3.94. The van der Waals surface area contributed by atoms with Crippen molar-refractivity contribution in [2.45, 2.75) is 33.6 Å². The summed E-state index contributed by atoms with van der Waals surface area (Å²) in [6.07, 6.45) is 3.92. The predicted molar refractivity (Wildman–Crippen MR) is 112 cm³/mol. The normalized spacial score (nSPS) is 15.7. The number of nitrogens with one attached hydrogen (secondary N) is 1. The number of carbonyl (C=O) groups excluding carboxylic acids is 1. The van der Waals surface area contributed by atoms with Crippen molar-refractivity contribution in [1.29, 1.82) is 0 Å². The number of benzene rings is 1. The number of aliphatic hydroxyl groups excluding tert-OH is 1. The zero-order valence-corrected chi connectivity index (χ0v) is 17.3. The number of methoxy groups -OCH3 is 1. The highest BCUT2D eigenvalue weighted by molar-refractivity contribution is 6.00. The molecule has 1 aliphatic rings. The number of anilines is 1. The second-order valence-corrected chi connectivity index (χ2v) is 8.55. The van der Waals surface area contributed by atoms with Crippen molar-refractivity contribution in [1.82, 2.24) is 10.3 Å². The van der Waals surface area contributed by atoms with E-state index in [9.17, 15) is 4.79 Å². The molecule has 0 spiro atoms. The second-order valence-electron chi connectivity index (χ2n) is 8.55. The molecular weight excluding hydrogens is 354 g/mol. The number of rotatable bonds is 5. The third-order valence-electron chi connectivity index (χ3n) is 5.69. The molecule has 152 valence electrons. The topological polar surface area (TPSA) is 74.7 Å². The highest BCUT2D eigenvalue weighted by atomic mass is 16.5. The zero-order valence-electron chi connectivity index (χ0n) is 17.3. The fraction of sp³-hybridized carbons (Fsp3) is 0.545. The van der Waals surface area contributed by atoms with Crippen LogP contribution in [0, 0.1) is 11.3 Å². The Morgan fingerprint density at radius 1 is 1.29 bits per heavy atom. The maximum Gasteiger partial charge on any atom is 0.252 e. The van der Waals surface area contributed by atoms with Crippen LogP contribution < -0.4 is 15.0 Å². The van der Waals surface area contributed by atoms with Gasteiger partial charge >= 0.3 is 0 Å². The van der Waals surface area contributed by atoms with E-state index in [0.717, 1.165) is 54.2 Å². The minimum absolute atomic E-state index is 0.0881. The highest BCUT2D eigenvalue weighted by Gasteiger charge is 2.29. The first-order valence-electron chi connectivity index (χ1n) is 9.95. The maximum atomic E-state index is 12.2. The van der Waals surface area contributed by atoms with Gasteiger partial charge in [-0.2, -0.15) is 0 Å². The van der Waals surface area contributed by atoms with Gasteiger partial charge in [0.25, 0.3) is 5.91 Å². The van der Waals surface area contributed by atoms with Crippen molar-refractivity contribution in [3.05, 3.63) is 30.0 Å². The number of aromatic nitrogens is 1. The molecule has 0 radical (unpaired) electrons. The maximum absolute atomic E-state index is 12.2. The van der Waals surface area contributed by atoms with E-state index in [1.807, 2.05) is 18.2 Å². The van der Waals surface area contributed by atoms with Gasteiger partial charge < -0.3 is 20.1 Å². The van der Waals surface area contributed by atoms with E-state index in [0.29, 0.717) is 11.0 Å². The van der Waals surface area contributed by atoms with Crippen LogP contribution in [-0.2, 0) is 0 Å². The van der Waals surface area contributed by atoms with Gasteiger partial charge in [0.15, 0.2) is 0 Å². The number of carbonyl (C=O) groups is 1. The molecule has 1 aromatic carbocycles. The molecule has 6 nitrogen and oxygen atoms in total. The lowest BCUT2D eigenvalue weighted by atomic mass is 9.75. The van der Waals surface area contributed by atoms with Gasteiger partial charge in [-0.3, -0.25) is 9.78 Å². The molecule has 2 heterocycles. The van der Waals surface area contributed by atoms with Gasteiger partial charge in [-0.25, -0.2) is 0 Å². The third kappa shape index (κ3) is 4.38. The van der Waals surface area contributed by atoms with Crippen molar-refractivity contribution in [2.75, 3.05) is 38.3 Å². The first kappa shape index (κ1) is 20.4. The van der Waals surface area contributed by atoms with Crippen LogP contribution in [0.5, 0.6) is 5.75 Å². The van der Waals surface area contributed by atoms with Crippen LogP contribution in [0.15, 0.2) is 24.4 Å². The lowest BCUT2D eigenvalue weighted by molar-refractivity contribution is 0.0944. The fourth-order valence-corrected chi connectivity index (χ4v) is 3.94. The summed E-state index contributed by atoms with van der Waals surface area (Å²) in [6.45, 7) is 9.07. The summed E-state index contributed by atoms with van der Waals surface area (Å²) in [5.74, 6) is 1.24. The molecule has 2 N–H and O–H groups in total. The summed E-state index contributed by atoms with van der Waals surface area (Å²) in [5.41, 5.74) is 2.75. The molecule has 6 heteroatoms. The second kappa shape index (κ2) is 8.35. The molecule has 0 aliphatic carbocycles. The molecule has 1 fully saturated rings. The number of ether oxygens (including phenoxy) is 1. The SMILES string of the molecule is COc1cc(N2CCC(C(C)(C)C)CC2)c2ncc(C(=O)NCCO)cc2c1. The van der Waals surface area contributed by atoms with E-state index in [4.69, 9.17) is 9.84 Å². The van der Waals surface area contributed by atoms with Gasteiger partial charge in [0, 0.05) is 37.3 Å². The number of aliphatic hydroxyl groups is 1. The smallest absolute Gasteiger partial charge is 0.252 e. The third-order valence-corrected chi connectivity index (χ3v) is 5.69. The molecule has 3 rings (SSSR count). The number of amides is 1. The molecular formula is C22H31N3O3. The average molecular weight is 386 g/mol. The van der Waals surface area contributed by atoms with Gasteiger partial charge in [-0.1, -0.05) is 20.8 Å². The standard InChI is InChI=1S/C22H31N3O3/c1-22(2,3)17-5-8-25(9-6-17)19-13-18(28-4)12-15-11-16(14-24-20(15)19)21(27)23-7-10-26/h11-14,17,26H,5-10H2,1-4H3,(H,23,27). The highest BCUT2D eigenvalue weighted by Crippen LogP contribution is 2.38. The predicted octanol–water partition coefficient (Wildman–Crippen LogP) is 3.23. The lowest BCUT2D eigenvalue weighted by Crippen LogP contribution is -2.38. The van der Waals surface area contributed by atoms with Crippen LogP contribution >= 0.6 is 0 Å². The molecule has 1 aromatic heterocycles. The first-order valence-corrected chi connectivity index (χ1v) is 9.95. The minimum Gasteiger partial charge on any atom is -0.497 e. The Kier molecular flexibility index (Phi) is 6.08. The van der Waals surface area contributed by atoms with Crippen LogP contribution in [-0.4, -0.2) is 49.3 Å². The number of fused-ring (bicyclic) bond motifs is 1. The number of hydrogen-bond donors (Lipinski definition) is 2. The van der Waals surface area contributed by atoms with E-state index in [-0.39, 0.29) is 19.1 Å². The molecule has 2 aromatic rings. The van der Waals surface area contributed by atoms with Gasteiger partial charge in [0.1, 0.15) is 5.75 Å². The van der Waals surface area contributed by atoms with Gasteiger partial charge in [-0.05, 0) is 36.3 Å². The van der Waals surface area contributed by atoms with Gasteiger partial charge in [-0.15, -0.1) is 0 Å². The van der Waals surface area contributed by atoms with Crippen LogP contribution in [0.25, 0.3) is 10.9 Å². The largest absolute Gasteiger partial charge is 0.497 e. The summed E-state index contributed by atoms with van der Waals surface area (Å²) in [6, 6.07) is 5.79. The Labute approximate surface area is 166 Å².